The van der Waals surface area contributed by atoms with E-state index in [1.165, 1.54) is 0 Å². The van der Waals surface area contributed by atoms with Crippen molar-refractivity contribution in [1.29, 1.82) is 0 Å². The Hall–Kier alpha value is -1.97. The van der Waals surface area contributed by atoms with Crippen LogP contribution in [-0.4, -0.2) is 20.5 Å². The number of Topliss-reactive ketones (excluding diaryl/α,β-unsaturated/α-hetero) is 1. The van der Waals surface area contributed by atoms with Gasteiger partial charge in [-0.1, -0.05) is 0 Å². The number of rotatable bonds is 3. The molecule has 0 aliphatic heterocycles. The average molecular weight is 243 g/mol. The lowest BCUT2D eigenvalue weighted by Gasteiger charge is -2.05. The summed E-state index contributed by atoms with van der Waals surface area (Å²) >= 11 is 0. The van der Waals surface area contributed by atoms with E-state index in [0.717, 1.165) is 22.8 Å². The Kier molecular flexibility index (Phi) is 3.28. The van der Waals surface area contributed by atoms with Gasteiger partial charge in [-0.3, -0.25) is 14.5 Å². The summed E-state index contributed by atoms with van der Waals surface area (Å²) in [5, 5.41) is 4.24. The number of ketones is 1. The van der Waals surface area contributed by atoms with Crippen molar-refractivity contribution in [1.82, 2.24) is 14.8 Å². The van der Waals surface area contributed by atoms with Crippen LogP contribution < -0.4 is 0 Å². The van der Waals surface area contributed by atoms with E-state index in [-0.39, 0.29) is 5.78 Å². The molecule has 0 atom stereocenters. The number of aromatic nitrogens is 3. The van der Waals surface area contributed by atoms with Crippen molar-refractivity contribution >= 4 is 5.78 Å². The second-order valence-corrected chi connectivity index (χ2v) is 4.59. The van der Waals surface area contributed by atoms with Crippen molar-refractivity contribution in [3.05, 3.63) is 46.5 Å². The minimum Gasteiger partial charge on any atom is -0.294 e. The van der Waals surface area contributed by atoms with Gasteiger partial charge in [0.2, 0.25) is 0 Å². The molecular weight excluding hydrogens is 226 g/mol. The predicted molar refractivity (Wildman–Crippen MR) is 69.7 cm³/mol. The molecule has 0 saturated carbocycles. The molecule has 0 N–H and O–H groups in total. The summed E-state index contributed by atoms with van der Waals surface area (Å²) in [5.41, 5.74) is 4.27. The molecule has 0 aliphatic rings. The van der Waals surface area contributed by atoms with Crippen LogP contribution in [0.15, 0.2) is 18.2 Å². The molecular formula is C14H17N3O. The van der Waals surface area contributed by atoms with Gasteiger partial charge in [0, 0.05) is 29.7 Å². The third kappa shape index (κ3) is 2.47. The van der Waals surface area contributed by atoms with E-state index < -0.39 is 0 Å². The van der Waals surface area contributed by atoms with Gasteiger partial charge < -0.3 is 0 Å². The zero-order valence-electron chi connectivity index (χ0n) is 11.2. The minimum atomic E-state index is 0.0861. The van der Waals surface area contributed by atoms with E-state index in [0.29, 0.717) is 12.0 Å². The molecule has 4 heteroatoms. The highest BCUT2D eigenvalue weighted by atomic mass is 16.1. The quantitative estimate of drug-likeness (QED) is 0.776. The summed E-state index contributed by atoms with van der Waals surface area (Å²) in [4.78, 5) is 16.5. The van der Waals surface area contributed by atoms with Gasteiger partial charge in [0.05, 0.1) is 12.1 Å². The number of hydrogen-bond donors (Lipinski definition) is 0. The Morgan fingerprint density at radius 2 is 1.94 bits per heavy atom. The number of aryl methyl sites for hydroxylation is 4. The maximum absolute atomic E-state index is 12.2. The molecule has 2 aromatic rings. The zero-order valence-corrected chi connectivity index (χ0v) is 11.2. The number of pyridine rings is 1. The molecule has 0 unspecified atom stereocenters. The standard InChI is InChI=1S/C14H17N3O/c1-9-5-6-13(11(3)15-9)14(18)8-12-7-10(2)16-17(12)4/h5-7H,8H2,1-4H3. The Morgan fingerprint density at radius 1 is 1.22 bits per heavy atom. The van der Waals surface area contributed by atoms with E-state index in [4.69, 9.17) is 0 Å². The molecule has 0 amide bonds. The summed E-state index contributed by atoms with van der Waals surface area (Å²) in [7, 11) is 1.86. The minimum absolute atomic E-state index is 0.0861. The third-order valence-electron chi connectivity index (χ3n) is 2.97. The van der Waals surface area contributed by atoms with Gasteiger partial charge in [0.25, 0.3) is 0 Å². The van der Waals surface area contributed by atoms with Crippen LogP contribution in [0.25, 0.3) is 0 Å². The summed E-state index contributed by atoms with van der Waals surface area (Å²) in [5.74, 6) is 0.0861. The van der Waals surface area contributed by atoms with Crippen LogP contribution in [0, 0.1) is 20.8 Å². The summed E-state index contributed by atoms with van der Waals surface area (Å²) < 4.78 is 1.75. The smallest absolute Gasteiger partial charge is 0.170 e. The van der Waals surface area contributed by atoms with Gasteiger partial charge in [-0.15, -0.1) is 0 Å². The highest BCUT2D eigenvalue weighted by molar-refractivity contribution is 5.98. The molecule has 0 saturated heterocycles. The van der Waals surface area contributed by atoms with Crippen molar-refractivity contribution in [2.75, 3.05) is 0 Å². The topological polar surface area (TPSA) is 47.8 Å². The Bertz CT molecular complexity index is 599. The van der Waals surface area contributed by atoms with Crippen LogP contribution >= 0.6 is 0 Å². The van der Waals surface area contributed by atoms with Crippen molar-refractivity contribution in [3.8, 4) is 0 Å². The fourth-order valence-corrected chi connectivity index (χ4v) is 2.07. The highest BCUT2D eigenvalue weighted by Crippen LogP contribution is 2.12. The van der Waals surface area contributed by atoms with Crippen LogP contribution in [0.4, 0.5) is 0 Å². The molecule has 18 heavy (non-hydrogen) atoms. The van der Waals surface area contributed by atoms with Crippen molar-refractivity contribution in [2.24, 2.45) is 7.05 Å². The number of carbonyl (C=O) groups is 1. The Morgan fingerprint density at radius 3 is 2.50 bits per heavy atom. The first-order valence-electron chi connectivity index (χ1n) is 5.94. The second kappa shape index (κ2) is 4.72. The Balaban J connectivity index is 2.24. The lowest BCUT2D eigenvalue weighted by Crippen LogP contribution is -2.10. The van der Waals surface area contributed by atoms with Crippen LogP contribution in [-0.2, 0) is 13.5 Å². The number of carbonyl (C=O) groups excluding carboxylic acids is 1. The Labute approximate surface area is 107 Å². The SMILES string of the molecule is Cc1ccc(C(=O)Cc2cc(C)nn2C)c(C)n1. The largest absolute Gasteiger partial charge is 0.294 e. The molecule has 0 aromatic carbocycles. The summed E-state index contributed by atoms with van der Waals surface area (Å²) in [6.45, 7) is 5.72. The number of hydrogen-bond acceptors (Lipinski definition) is 3. The second-order valence-electron chi connectivity index (χ2n) is 4.59. The van der Waals surface area contributed by atoms with Gasteiger partial charge in [0.15, 0.2) is 5.78 Å². The lowest BCUT2D eigenvalue weighted by atomic mass is 10.0. The maximum Gasteiger partial charge on any atom is 0.170 e. The molecule has 2 rings (SSSR count). The van der Waals surface area contributed by atoms with Gasteiger partial charge in [-0.05, 0) is 39.0 Å². The van der Waals surface area contributed by atoms with E-state index in [2.05, 4.69) is 10.1 Å². The molecule has 94 valence electrons. The maximum atomic E-state index is 12.2. The van der Waals surface area contributed by atoms with Crippen LogP contribution in [0.5, 0.6) is 0 Å². The third-order valence-corrected chi connectivity index (χ3v) is 2.97. The van der Waals surface area contributed by atoms with Gasteiger partial charge >= 0.3 is 0 Å². The molecule has 0 radical (unpaired) electrons. The fourth-order valence-electron chi connectivity index (χ4n) is 2.07. The molecule has 0 fully saturated rings. The van der Waals surface area contributed by atoms with Crippen molar-refractivity contribution < 1.29 is 4.79 Å². The normalized spacial score (nSPS) is 10.7. The summed E-state index contributed by atoms with van der Waals surface area (Å²) in [6.07, 6.45) is 0.364. The lowest BCUT2D eigenvalue weighted by molar-refractivity contribution is 0.0989. The fraction of sp³-hybridized carbons (Fsp3) is 0.357. The molecule has 4 nitrogen and oxygen atoms in total. The van der Waals surface area contributed by atoms with E-state index in [1.54, 1.807) is 4.68 Å². The predicted octanol–water partition coefficient (Wildman–Crippen LogP) is 2.17. The van der Waals surface area contributed by atoms with E-state index in [9.17, 15) is 4.79 Å². The number of nitrogens with zero attached hydrogens (tertiary/aromatic N) is 3. The molecule has 2 heterocycles. The van der Waals surface area contributed by atoms with Crippen LogP contribution in [0.3, 0.4) is 0 Å². The first-order valence-corrected chi connectivity index (χ1v) is 5.94. The van der Waals surface area contributed by atoms with E-state index >= 15 is 0 Å². The highest BCUT2D eigenvalue weighted by Gasteiger charge is 2.13. The molecule has 0 aliphatic carbocycles. The molecule has 0 spiro atoms. The van der Waals surface area contributed by atoms with Gasteiger partial charge in [-0.25, -0.2) is 0 Å². The van der Waals surface area contributed by atoms with Crippen LogP contribution in [0.1, 0.15) is 33.1 Å². The monoisotopic (exact) mass is 243 g/mol. The van der Waals surface area contributed by atoms with Crippen molar-refractivity contribution in [3.63, 3.8) is 0 Å². The molecule has 2 aromatic heterocycles. The molecule has 0 bridgehead atoms. The first kappa shape index (κ1) is 12.5. The van der Waals surface area contributed by atoms with Crippen molar-refractivity contribution in [2.45, 2.75) is 27.2 Å². The van der Waals surface area contributed by atoms with Gasteiger partial charge in [-0.2, -0.15) is 5.10 Å². The summed E-state index contributed by atoms with van der Waals surface area (Å²) in [6, 6.07) is 5.66. The first-order chi connectivity index (χ1) is 8.47. The zero-order chi connectivity index (χ0) is 13.3. The average Bonchev–Trinajstić information content (AvgIpc) is 2.57. The van der Waals surface area contributed by atoms with Gasteiger partial charge in [0.1, 0.15) is 0 Å². The van der Waals surface area contributed by atoms with Crippen LogP contribution in [0.2, 0.25) is 0 Å². The van der Waals surface area contributed by atoms with E-state index in [1.807, 2.05) is 46.0 Å².